The van der Waals surface area contributed by atoms with Crippen LogP contribution < -0.4 is 11.1 Å². The van der Waals surface area contributed by atoms with Gasteiger partial charge in [0.2, 0.25) is 5.91 Å². The summed E-state index contributed by atoms with van der Waals surface area (Å²) in [6.07, 6.45) is 3.78. The van der Waals surface area contributed by atoms with Crippen molar-refractivity contribution in [2.45, 2.75) is 51.5 Å². The fourth-order valence-electron chi connectivity index (χ4n) is 3.04. The van der Waals surface area contributed by atoms with E-state index in [9.17, 15) is 4.79 Å². The number of carbonyl (C=O) groups is 1. The second-order valence-electron chi connectivity index (χ2n) is 6.50. The van der Waals surface area contributed by atoms with E-state index in [1.54, 1.807) is 11.3 Å². The molecule has 3 rings (SSSR count). The van der Waals surface area contributed by atoms with Gasteiger partial charge in [-0.15, -0.1) is 23.7 Å². The highest BCUT2D eigenvalue weighted by atomic mass is 35.5. The Bertz CT molecular complexity index is 686. The van der Waals surface area contributed by atoms with Gasteiger partial charge in [-0.05, 0) is 37.0 Å². The highest BCUT2D eigenvalue weighted by Crippen LogP contribution is 2.30. The predicted octanol–water partition coefficient (Wildman–Crippen LogP) is 4.30. The molecule has 0 unspecified atom stereocenters. The maximum atomic E-state index is 12.2. The number of benzene rings is 1. The first kappa shape index (κ1) is 18.2. The number of halogens is 1. The van der Waals surface area contributed by atoms with Crippen molar-refractivity contribution in [2.24, 2.45) is 11.7 Å². The first-order valence-electron chi connectivity index (χ1n) is 7.99. The normalized spacial score (nSPS) is 20.7. The first-order valence-corrected chi connectivity index (χ1v) is 8.80. The van der Waals surface area contributed by atoms with Crippen molar-refractivity contribution in [2.75, 3.05) is 5.32 Å². The Labute approximate surface area is 147 Å². The van der Waals surface area contributed by atoms with Crippen LogP contribution in [0.5, 0.6) is 0 Å². The quantitative estimate of drug-likeness (QED) is 0.861. The van der Waals surface area contributed by atoms with Crippen molar-refractivity contribution in [3.05, 3.63) is 23.2 Å². The van der Waals surface area contributed by atoms with Crippen molar-refractivity contribution in [1.29, 1.82) is 0 Å². The second-order valence-corrected chi connectivity index (χ2v) is 7.56. The number of hydrogen-bond acceptors (Lipinski definition) is 4. The summed E-state index contributed by atoms with van der Waals surface area (Å²) in [6.45, 7) is 4.29. The zero-order valence-corrected chi connectivity index (χ0v) is 15.2. The monoisotopic (exact) mass is 353 g/mol. The van der Waals surface area contributed by atoms with E-state index in [-0.39, 0.29) is 24.4 Å². The van der Waals surface area contributed by atoms with Crippen LogP contribution in [0.2, 0.25) is 0 Å². The van der Waals surface area contributed by atoms with Crippen molar-refractivity contribution in [1.82, 2.24) is 4.98 Å². The van der Waals surface area contributed by atoms with Crippen LogP contribution in [0, 0.1) is 5.92 Å². The van der Waals surface area contributed by atoms with Crippen molar-refractivity contribution in [3.8, 4) is 0 Å². The van der Waals surface area contributed by atoms with Gasteiger partial charge < -0.3 is 11.1 Å². The number of amides is 1. The van der Waals surface area contributed by atoms with Gasteiger partial charge in [-0.3, -0.25) is 4.79 Å². The molecule has 1 saturated carbocycles. The number of nitrogens with zero attached hydrogens (tertiary/aromatic N) is 1. The molecular weight excluding hydrogens is 330 g/mol. The van der Waals surface area contributed by atoms with Gasteiger partial charge in [0.05, 0.1) is 15.2 Å². The summed E-state index contributed by atoms with van der Waals surface area (Å²) in [6, 6.07) is 6.11. The summed E-state index contributed by atoms with van der Waals surface area (Å²) in [7, 11) is 0. The highest BCUT2D eigenvalue weighted by Gasteiger charge is 2.26. The molecule has 2 atom stereocenters. The molecule has 1 aromatic carbocycles. The number of thiazole rings is 1. The Morgan fingerprint density at radius 1 is 1.43 bits per heavy atom. The van der Waals surface area contributed by atoms with Crippen molar-refractivity contribution >= 4 is 45.6 Å². The van der Waals surface area contributed by atoms with Gasteiger partial charge in [0, 0.05) is 24.1 Å². The minimum atomic E-state index is 0. The number of carbonyl (C=O) groups excluding carboxylic acids is 1. The Morgan fingerprint density at radius 2 is 2.22 bits per heavy atom. The lowest BCUT2D eigenvalue weighted by Gasteiger charge is -2.14. The molecule has 0 radical (unpaired) electrons. The zero-order chi connectivity index (χ0) is 15.7. The van der Waals surface area contributed by atoms with E-state index >= 15 is 0 Å². The minimum absolute atomic E-state index is 0. The molecule has 1 heterocycles. The number of aromatic nitrogens is 1. The molecule has 6 heteroatoms. The molecule has 0 saturated heterocycles. The van der Waals surface area contributed by atoms with E-state index in [0.717, 1.165) is 40.2 Å². The Kier molecular flexibility index (Phi) is 6.00. The summed E-state index contributed by atoms with van der Waals surface area (Å²) < 4.78 is 1.12. The lowest BCUT2D eigenvalue weighted by molar-refractivity contribution is -0.117. The molecule has 0 aliphatic heterocycles. The Morgan fingerprint density at radius 3 is 2.87 bits per heavy atom. The standard InChI is InChI=1S/C17H23N3OS.ClH/c1-10(2)17-20-14-7-6-12(9-15(14)22-17)19-16(21)8-11-4-3-5-13(11)18;/h6-7,9-11,13H,3-5,8,18H2,1-2H3,(H,19,21);1H/t11-,13+;/m0./s1. The summed E-state index contributed by atoms with van der Waals surface area (Å²) in [5.41, 5.74) is 7.89. The molecule has 1 aromatic heterocycles. The molecule has 23 heavy (non-hydrogen) atoms. The first-order chi connectivity index (χ1) is 10.5. The van der Waals surface area contributed by atoms with E-state index in [4.69, 9.17) is 5.73 Å². The fraction of sp³-hybridized carbons (Fsp3) is 0.529. The molecule has 0 spiro atoms. The Balaban J connectivity index is 0.00000192. The molecule has 1 aliphatic rings. The van der Waals surface area contributed by atoms with Gasteiger partial charge in [0.15, 0.2) is 0 Å². The molecule has 0 bridgehead atoms. The Hall–Kier alpha value is -1.17. The molecule has 1 aliphatic carbocycles. The third-order valence-electron chi connectivity index (χ3n) is 4.35. The molecular formula is C17H24ClN3OS. The molecule has 2 aromatic rings. The SMILES string of the molecule is CC(C)c1nc2ccc(NC(=O)C[C@@H]3CCC[C@H]3N)cc2s1.Cl. The van der Waals surface area contributed by atoms with Crippen molar-refractivity contribution < 1.29 is 4.79 Å². The van der Waals surface area contributed by atoms with Gasteiger partial charge in [-0.25, -0.2) is 4.98 Å². The molecule has 1 fully saturated rings. The predicted molar refractivity (Wildman–Crippen MR) is 99.5 cm³/mol. The van der Waals surface area contributed by atoms with Gasteiger partial charge in [-0.2, -0.15) is 0 Å². The third kappa shape index (κ3) is 4.22. The number of rotatable bonds is 4. The minimum Gasteiger partial charge on any atom is -0.327 e. The maximum absolute atomic E-state index is 12.2. The third-order valence-corrected chi connectivity index (χ3v) is 5.67. The smallest absolute Gasteiger partial charge is 0.224 e. The van der Waals surface area contributed by atoms with Crippen LogP contribution in [0.3, 0.4) is 0 Å². The van der Waals surface area contributed by atoms with Gasteiger partial charge >= 0.3 is 0 Å². The lowest BCUT2D eigenvalue weighted by atomic mass is 10.00. The summed E-state index contributed by atoms with van der Waals surface area (Å²) in [5, 5.41) is 4.14. The summed E-state index contributed by atoms with van der Waals surface area (Å²) in [4.78, 5) is 16.8. The van der Waals surface area contributed by atoms with E-state index < -0.39 is 0 Å². The van der Waals surface area contributed by atoms with Crippen LogP contribution in [0.15, 0.2) is 18.2 Å². The van der Waals surface area contributed by atoms with Crippen LogP contribution in [0.1, 0.15) is 50.5 Å². The second kappa shape index (κ2) is 7.60. The maximum Gasteiger partial charge on any atom is 0.224 e. The lowest BCUT2D eigenvalue weighted by Crippen LogP contribution is -2.28. The highest BCUT2D eigenvalue weighted by molar-refractivity contribution is 7.18. The fourth-order valence-corrected chi connectivity index (χ4v) is 4.05. The molecule has 4 nitrogen and oxygen atoms in total. The number of anilines is 1. The largest absolute Gasteiger partial charge is 0.327 e. The molecule has 126 valence electrons. The van der Waals surface area contributed by atoms with E-state index in [1.807, 2.05) is 18.2 Å². The number of hydrogen-bond donors (Lipinski definition) is 2. The van der Waals surface area contributed by atoms with Gasteiger partial charge in [-0.1, -0.05) is 20.3 Å². The number of nitrogens with two attached hydrogens (primary N) is 1. The van der Waals surface area contributed by atoms with Gasteiger partial charge in [0.25, 0.3) is 0 Å². The topological polar surface area (TPSA) is 68.0 Å². The molecule has 3 N–H and O–H groups in total. The van der Waals surface area contributed by atoms with E-state index in [1.165, 1.54) is 0 Å². The van der Waals surface area contributed by atoms with Crippen LogP contribution in [0.25, 0.3) is 10.2 Å². The molecule has 1 amide bonds. The average Bonchev–Trinajstić information content (AvgIpc) is 3.05. The van der Waals surface area contributed by atoms with Crippen LogP contribution in [0.4, 0.5) is 5.69 Å². The van der Waals surface area contributed by atoms with Crippen molar-refractivity contribution in [3.63, 3.8) is 0 Å². The van der Waals surface area contributed by atoms with E-state index in [0.29, 0.717) is 18.3 Å². The summed E-state index contributed by atoms with van der Waals surface area (Å²) in [5.74, 6) is 0.828. The van der Waals surface area contributed by atoms with Crippen LogP contribution in [-0.2, 0) is 4.79 Å². The number of fused-ring (bicyclic) bond motifs is 1. The zero-order valence-electron chi connectivity index (χ0n) is 13.5. The van der Waals surface area contributed by atoms with Crippen LogP contribution >= 0.6 is 23.7 Å². The van der Waals surface area contributed by atoms with E-state index in [2.05, 4.69) is 24.1 Å². The van der Waals surface area contributed by atoms with Crippen LogP contribution in [-0.4, -0.2) is 16.9 Å². The van der Waals surface area contributed by atoms with Gasteiger partial charge in [0.1, 0.15) is 0 Å². The average molecular weight is 354 g/mol. The number of nitrogens with one attached hydrogen (secondary N) is 1. The summed E-state index contributed by atoms with van der Waals surface area (Å²) >= 11 is 1.70.